The van der Waals surface area contributed by atoms with Crippen LogP contribution in [0.3, 0.4) is 0 Å². The van der Waals surface area contributed by atoms with Gasteiger partial charge in [-0.05, 0) is 37.1 Å². The minimum absolute atomic E-state index is 0.328. The summed E-state index contributed by atoms with van der Waals surface area (Å²) in [5, 5.41) is 11.9. The Kier molecular flexibility index (Phi) is 13.2. The number of rotatable bonds is 10. The minimum atomic E-state index is 0.328. The third kappa shape index (κ3) is 12.6. The van der Waals surface area contributed by atoms with Crippen molar-refractivity contribution in [3.63, 3.8) is 0 Å². The van der Waals surface area contributed by atoms with Crippen molar-refractivity contribution in [3.05, 3.63) is 0 Å². The summed E-state index contributed by atoms with van der Waals surface area (Å²) in [6.07, 6.45) is 4.34. The molecule has 2 N–H and O–H groups in total. The van der Waals surface area contributed by atoms with Crippen molar-refractivity contribution in [2.24, 2.45) is 0 Å². The summed E-state index contributed by atoms with van der Waals surface area (Å²) in [7, 11) is 0. The second-order valence-corrected chi connectivity index (χ2v) is 5.00. The number of nitrogens with one attached hydrogen (secondary N) is 1. The van der Waals surface area contributed by atoms with Gasteiger partial charge in [0.25, 0.3) is 0 Å². The number of thioether (sulfide) groups is 2. The fraction of sp³-hybridized carbons (Fsp3) is 1.00. The van der Waals surface area contributed by atoms with Crippen LogP contribution in [0.2, 0.25) is 0 Å². The largest absolute Gasteiger partial charge is 0.396 e. The number of hydrogen-bond acceptors (Lipinski definition) is 4. The van der Waals surface area contributed by atoms with Crippen LogP contribution in [-0.2, 0) is 0 Å². The molecule has 0 saturated heterocycles. The highest BCUT2D eigenvalue weighted by Crippen LogP contribution is 2.00. The molecule has 0 rings (SSSR count). The summed E-state index contributed by atoms with van der Waals surface area (Å²) >= 11 is 3.82. The van der Waals surface area contributed by atoms with Crippen LogP contribution in [0.1, 0.15) is 12.8 Å². The SMILES string of the molecule is CSCCCNCCSCCCO. The first kappa shape index (κ1) is 13.6. The maximum atomic E-state index is 8.53. The van der Waals surface area contributed by atoms with Crippen LogP contribution < -0.4 is 5.32 Å². The van der Waals surface area contributed by atoms with E-state index in [0.717, 1.165) is 25.3 Å². The molecule has 0 aliphatic heterocycles. The summed E-state index contributed by atoms with van der Waals surface area (Å²) in [6.45, 7) is 2.57. The summed E-state index contributed by atoms with van der Waals surface area (Å²) in [6, 6.07) is 0. The van der Waals surface area contributed by atoms with Crippen molar-refractivity contribution in [1.82, 2.24) is 5.32 Å². The Balaban J connectivity index is 2.76. The first-order valence-corrected chi connectivity index (χ1v) is 7.35. The minimum Gasteiger partial charge on any atom is -0.396 e. The molecular formula is C9H21NOS2. The Labute approximate surface area is 90.2 Å². The van der Waals surface area contributed by atoms with Gasteiger partial charge in [-0.25, -0.2) is 0 Å². The predicted octanol–water partition coefficient (Wildman–Crippen LogP) is 1.44. The lowest BCUT2D eigenvalue weighted by atomic mass is 10.5. The maximum absolute atomic E-state index is 8.53. The average molecular weight is 223 g/mol. The molecule has 0 spiro atoms. The van der Waals surface area contributed by atoms with Gasteiger partial charge in [-0.2, -0.15) is 23.5 Å². The van der Waals surface area contributed by atoms with E-state index in [0.29, 0.717) is 6.61 Å². The molecule has 80 valence electrons. The number of hydrogen-bond donors (Lipinski definition) is 2. The Morgan fingerprint density at radius 2 is 1.92 bits per heavy atom. The first-order chi connectivity index (χ1) is 6.41. The highest BCUT2D eigenvalue weighted by Gasteiger charge is 1.89. The van der Waals surface area contributed by atoms with Crippen LogP contribution in [0.15, 0.2) is 0 Å². The Bertz CT molecular complexity index is 83.7. The Morgan fingerprint density at radius 1 is 1.08 bits per heavy atom. The third-order valence-corrected chi connectivity index (χ3v) is 3.34. The van der Waals surface area contributed by atoms with E-state index >= 15 is 0 Å². The molecule has 0 aromatic heterocycles. The van der Waals surface area contributed by atoms with Gasteiger partial charge in [0.2, 0.25) is 0 Å². The van der Waals surface area contributed by atoms with Gasteiger partial charge in [0.1, 0.15) is 0 Å². The van der Waals surface area contributed by atoms with E-state index in [-0.39, 0.29) is 0 Å². The average Bonchev–Trinajstić information content (AvgIpc) is 2.16. The van der Waals surface area contributed by atoms with Crippen LogP contribution in [-0.4, -0.2) is 48.3 Å². The van der Waals surface area contributed by atoms with Gasteiger partial charge in [0, 0.05) is 18.9 Å². The van der Waals surface area contributed by atoms with Crippen LogP contribution in [0.4, 0.5) is 0 Å². The molecule has 0 fully saturated rings. The van der Waals surface area contributed by atoms with Crippen molar-refractivity contribution in [2.45, 2.75) is 12.8 Å². The fourth-order valence-electron chi connectivity index (χ4n) is 0.880. The van der Waals surface area contributed by atoms with Crippen molar-refractivity contribution in [3.8, 4) is 0 Å². The molecular weight excluding hydrogens is 202 g/mol. The smallest absolute Gasteiger partial charge is 0.0438 e. The van der Waals surface area contributed by atoms with Crippen LogP contribution in [0.5, 0.6) is 0 Å². The molecule has 0 unspecified atom stereocenters. The lowest BCUT2D eigenvalue weighted by Crippen LogP contribution is -2.19. The van der Waals surface area contributed by atoms with Crippen LogP contribution >= 0.6 is 23.5 Å². The van der Waals surface area contributed by atoms with E-state index in [4.69, 9.17) is 5.11 Å². The van der Waals surface area contributed by atoms with Crippen molar-refractivity contribution < 1.29 is 5.11 Å². The molecule has 4 heteroatoms. The number of aliphatic hydroxyl groups is 1. The molecule has 0 aromatic carbocycles. The molecule has 0 saturated carbocycles. The van der Waals surface area contributed by atoms with E-state index in [9.17, 15) is 0 Å². The van der Waals surface area contributed by atoms with E-state index < -0.39 is 0 Å². The van der Waals surface area contributed by atoms with Crippen LogP contribution in [0, 0.1) is 0 Å². The maximum Gasteiger partial charge on any atom is 0.0438 e. The van der Waals surface area contributed by atoms with Gasteiger partial charge < -0.3 is 10.4 Å². The zero-order valence-electron chi connectivity index (χ0n) is 8.42. The standard InChI is InChI=1S/C9H21NOS2/c1-12-7-2-4-10-5-9-13-8-3-6-11/h10-11H,2-9H2,1H3. The van der Waals surface area contributed by atoms with Crippen LogP contribution in [0.25, 0.3) is 0 Å². The number of aliphatic hydroxyl groups excluding tert-OH is 1. The Hall–Kier alpha value is 0.620. The molecule has 0 aromatic rings. The molecule has 0 heterocycles. The molecule has 0 radical (unpaired) electrons. The van der Waals surface area contributed by atoms with Gasteiger partial charge >= 0.3 is 0 Å². The van der Waals surface area contributed by atoms with Crippen molar-refractivity contribution in [1.29, 1.82) is 0 Å². The molecule has 2 nitrogen and oxygen atoms in total. The molecule has 0 bridgehead atoms. The zero-order chi connectivity index (χ0) is 9.78. The summed E-state index contributed by atoms with van der Waals surface area (Å²) < 4.78 is 0. The zero-order valence-corrected chi connectivity index (χ0v) is 10.1. The second-order valence-electron chi connectivity index (χ2n) is 2.79. The molecule has 0 aliphatic rings. The lowest BCUT2D eigenvalue weighted by Gasteiger charge is -2.03. The summed E-state index contributed by atoms with van der Waals surface area (Å²) in [5.74, 6) is 3.51. The fourth-order valence-corrected chi connectivity index (χ4v) is 2.14. The molecule has 13 heavy (non-hydrogen) atoms. The van der Waals surface area contributed by atoms with Gasteiger partial charge in [-0.1, -0.05) is 0 Å². The molecule has 0 atom stereocenters. The van der Waals surface area contributed by atoms with E-state index in [2.05, 4.69) is 11.6 Å². The highest BCUT2D eigenvalue weighted by atomic mass is 32.2. The normalized spacial score (nSPS) is 10.6. The highest BCUT2D eigenvalue weighted by molar-refractivity contribution is 7.99. The van der Waals surface area contributed by atoms with Crippen molar-refractivity contribution >= 4 is 23.5 Å². The van der Waals surface area contributed by atoms with Gasteiger partial charge in [-0.3, -0.25) is 0 Å². The third-order valence-electron chi connectivity index (χ3n) is 1.57. The summed E-state index contributed by atoms with van der Waals surface area (Å²) in [4.78, 5) is 0. The van der Waals surface area contributed by atoms with Crippen molar-refractivity contribution in [2.75, 3.05) is 43.2 Å². The monoisotopic (exact) mass is 223 g/mol. The lowest BCUT2D eigenvalue weighted by molar-refractivity contribution is 0.296. The second kappa shape index (κ2) is 12.6. The molecule has 0 aliphatic carbocycles. The van der Waals surface area contributed by atoms with Gasteiger partial charge in [0.05, 0.1) is 0 Å². The van der Waals surface area contributed by atoms with E-state index in [1.807, 2.05) is 23.5 Å². The van der Waals surface area contributed by atoms with Gasteiger partial charge in [-0.15, -0.1) is 0 Å². The topological polar surface area (TPSA) is 32.3 Å². The van der Waals surface area contributed by atoms with E-state index in [1.165, 1.54) is 17.9 Å². The molecule has 0 amide bonds. The quantitative estimate of drug-likeness (QED) is 0.549. The summed E-state index contributed by atoms with van der Waals surface area (Å²) in [5.41, 5.74) is 0. The van der Waals surface area contributed by atoms with E-state index in [1.54, 1.807) is 0 Å². The predicted molar refractivity (Wildman–Crippen MR) is 64.9 cm³/mol. The van der Waals surface area contributed by atoms with Gasteiger partial charge in [0.15, 0.2) is 0 Å². The first-order valence-electron chi connectivity index (χ1n) is 4.80. The Morgan fingerprint density at radius 3 is 2.62 bits per heavy atom.